The molecule has 1 aromatic heterocycles. The molecule has 3 rings (SSSR count). The maximum atomic E-state index is 14.4. The second-order valence-electron chi connectivity index (χ2n) is 5.77. The Morgan fingerprint density at radius 2 is 2.13 bits per heavy atom. The van der Waals surface area contributed by atoms with Crippen molar-refractivity contribution in [3.8, 4) is 0 Å². The van der Waals surface area contributed by atoms with Crippen molar-refractivity contribution in [3.05, 3.63) is 59.7 Å². The van der Waals surface area contributed by atoms with Gasteiger partial charge in [0.2, 0.25) is 0 Å². The van der Waals surface area contributed by atoms with E-state index in [1.165, 1.54) is 0 Å². The van der Waals surface area contributed by atoms with E-state index in [1.807, 2.05) is 35.4 Å². The number of aromatic nitrogens is 1. The zero-order valence-corrected chi connectivity index (χ0v) is 13.3. The quantitative estimate of drug-likeness (QED) is 0.920. The van der Waals surface area contributed by atoms with Crippen LogP contribution in [0.3, 0.4) is 0 Å². The Labute approximate surface area is 136 Å². The lowest BCUT2D eigenvalue weighted by Gasteiger charge is -2.29. The molecule has 1 N–H and O–H groups in total. The molecule has 0 saturated carbocycles. The molecule has 1 atom stereocenters. The molecule has 1 aliphatic rings. The molecule has 0 unspecified atom stereocenters. The highest BCUT2D eigenvalue weighted by molar-refractivity contribution is 5.49. The van der Waals surface area contributed by atoms with Gasteiger partial charge < -0.3 is 15.0 Å². The molecule has 0 radical (unpaired) electrons. The molecule has 122 valence electrons. The van der Waals surface area contributed by atoms with E-state index in [4.69, 9.17) is 4.74 Å². The normalized spacial score (nSPS) is 16.3. The van der Waals surface area contributed by atoms with Crippen molar-refractivity contribution >= 4 is 5.69 Å². The van der Waals surface area contributed by atoms with E-state index < -0.39 is 0 Å². The maximum Gasteiger partial charge on any atom is 0.146 e. The third kappa shape index (κ3) is 4.06. The molecule has 0 bridgehead atoms. The Morgan fingerprint density at radius 1 is 1.30 bits per heavy atom. The molecular weight excluding hydrogens is 293 g/mol. The predicted molar refractivity (Wildman–Crippen MR) is 88.9 cm³/mol. The standard InChI is InChI=1S/C18H22FN3O/c1-14(16-3-2-6-20-13-16)21-12-15-4-5-18(17(19)11-15)22-7-9-23-10-8-22/h2-6,11,13-14,21H,7-10,12H2,1H3/t14-/m1/s1. The molecule has 5 heteroatoms. The minimum absolute atomic E-state index is 0.166. The van der Waals surface area contributed by atoms with Crippen LogP contribution in [0, 0.1) is 5.82 Å². The number of nitrogens with one attached hydrogen (secondary N) is 1. The van der Waals surface area contributed by atoms with Gasteiger partial charge in [-0.05, 0) is 36.2 Å². The van der Waals surface area contributed by atoms with Crippen molar-refractivity contribution in [1.82, 2.24) is 10.3 Å². The first-order valence-corrected chi connectivity index (χ1v) is 7.98. The Kier molecular flexibility index (Phi) is 5.20. The van der Waals surface area contributed by atoms with E-state index in [2.05, 4.69) is 17.2 Å². The number of benzene rings is 1. The molecule has 0 spiro atoms. The van der Waals surface area contributed by atoms with Crippen molar-refractivity contribution in [1.29, 1.82) is 0 Å². The highest BCUT2D eigenvalue weighted by Crippen LogP contribution is 2.22. The second-order valence-corrected chi connectivity index (χ2v) is 5.77. The summed E-state index contributed by atoms with van der Waals surface area (Å²) < 4.78 is 19.7. The van der Waals surface area contributed by atoms with E-state index in [0.717, 1.165) is 24.2 Å². The van der Waals surface area contributed by atoms with Gasteiger partial charge >= 0.3 is 0 Å². The smallest absolute Gasteiger partial charge is 0.146 e. The topological polar surface area (TPSA) is 37.4 Å². The van der Waals surface area contributed by atoms with Crippen LogP contribution in [0.5, 0.6) is 0 Å². The van der Waals surface area contributed by atoms with Gasteiger partial charge in [0.25, 0.3) is 0 Å². The molecule has 2 heterocycles. The highest BCUT2D eigenvalue weighted by Gasteiger charge is 2.15. The van der Waals surface area contributed by atoms with Gasteiger partial charge in [-0.2, -0.15) is 0 Å². The van der Waals surface area contributed by atoms with E-state index in [1.54, 1.807) is 12.3 Å². The summed E-state index contributed by atoms with van der Waals surface area (Å²) in [4.78, 5) is 6.16. The van der Waals surface area contributed by atoms with Gasteiger partial charge in [0, 0.05) is 38.1 Å². The van der Waals surface area contributed by atoms with Crippen LogP contribution < -0.4 is 10.2 Å². The summed E-state index contributed by atoms with van der Waals surface area (Å²) >= 11 is 0. The third-order valence-electron chi connectivity index (χ3n) is 4.16. The number of morpholine rings is 1. The van der Waals surface area contributed by atoms with Crippen molar-refractivity contribution in [2.24, 2.45) is 0 Å². The first kappa shape index (κ1) is 15.9. The lowest BCUT2D eigenvalue weighted by Crippen LogP contribution is -2.36. The summed E-state index contributed by atoms with van der Waals surface area (Å²) in [6.07, 6.45) is 3.61. The molecule has 1 saturated heterocycles. The molecule has 0 amide bonds. The highest BCUT2D eigenvalue weighted by atomic mass is 19.1. The number of halogens is 1. The van der Waals surface area contributed by atoms with Gasteiger partial charge in [0.1, 0.15) is 5.82 Å². The zero-order valence-electron chi connectivity index (χ0n) is 13.3. The summed E-state index contributed by atoms with van der Waals surface area (Å²) in [6, 6.07) is 9.60. The van der Waals surface area contributed by atoms with Crippen molar-refractivity contribution in [2.45, 2.75) is 19.5 Å². The van der Waals surface area contributed by atoms with E-state index in [0.29, 0.717) is 25.4 Å². The average molecular weight is 315 g/mol. The summed E-state index contributed by atoms with van der Waals surface area (Å²) in [5.74, 6) is -0.166. The lowest BCUT2D eigenvalue weighted by molar-refractivity contribution is 0.122. The van der Waals surface area contributed by atoms with E-state index >= 15 is 0 Å². The Balaban J connectivity index is 1.61. The number of pyridine rings is 1. The Hall–Kier alpha value is -1.98. The first-order chi connectivity index (χ1) is 11.2. The van der Waals surface area contributed by atoms with Gasteiger partial charge in [-0.15, -0.1) is 0 Å². The summed E-state index contributed by atoms with van der Waals surface area (Å²) in [5.41, 5.74) is 2.73. The maximum absolute atomic E-state index is 14.4. The van der Waals surface area contributed by atoms with Gasteiger partial charge in [0.05, 0.1) is 18.9 Å². The van der Waals surface area contributed by atoms with Crippen LogP contribution in [0.1, 0.15) is 24.1 Å². The largest absolute Gasteiger partial charge is 0.378 e. The molecule has 1 aliphatic heterocycles. The first-order valence-electron chi connectivity index (χ1n) is 7.98. The number of hydrogen-bond donors (Lipinski definition) is 1. The van der Waals surface area contributed by atoms with E-state index in [-0.39, 0.29) is 11.9 Å². The van der Waals surface area contributed by atoms with Crippen LogP contribution in [-0.2, 0) is 11.3 Å². The van der Waals surface area contributed by atoms with Gasteiger partial charge in [-0.1, -0.05) is 12.1 Å². The minimum atomic E-state index is -0.166. The predicted octanol–water partition coefficient (Wildman–Crippen LogP) is 2.91. The molecule has 4 nitrogen and oxygen atoms in total. The van der Waals surface area contributed by atoms with Crippen molar-refractivity contribution in [3.63, 3.8) is 0 Å². The average Bonchev–Trinajstić information content (AvgIpc) is 2.61. The zero-order chi connectivity index (χ0) is 16.1. The summed E-state index contributed by atoms with van der Waals surface area (Å²) in [5, 5.41) is 3.40. The molecule has 23 heavy (non-hydrogen) atoms. The van der Waals surface area contributed by atoms with Crippen LogP contribution in [0.2, 0.25) is 0 Å². The van der Waals surface area contributed by atoms with Crippen LogP contribution in [0.15, 0.2) is 42.7 Å². The number of nitrogens with zero attached hydrogens (tertiary/aromatic N) is 2. The molecule has 2 aromatic rings. The number of hydrogen-bond acceptors (Lipinski definition) is 4. The number of rotatable bonds is 5. The minimum Gasteiger partial charge on any atom is -0.378 e. The summed E-state index contributed by atoms with van der Waals surface area (Å²) in [7, 11) is 0. The van der Waals surface area contributed by atoms with Crippen LogP contribution in [0.4, 0.5) is 10.1 Å². The third-order valence-corrected chi connectivity index (χ3v) is 4.16. The molecular formula is C18H22FN3O. The fourth-order valence-corrected chi connectivity index (χ4v) is 2.74. The van der Waals surface area contributed by atoms with Gasteiger partial charge in [-0.25, -0.2) is 4.39 Å². The number of anilines is 1. The Morgan fingerprint density at radius 3 is 2.83 bits per heavy atom. The van der Waals surface area contributed by atoms with Gasteiger partial charge in [-0.3, -0.25) is 4.98 Å². The molecule has 1 fully saturated rings. The SMILES string of the molecule is C[C@@H](NCc1ccc(N2CCOCC2)c(F)c1)c1cccnc1. The second kappa shape index (κ2) is 7.53. The van der Waals surface area contributed by atoms with Crippen LogP contribution >= 0.6 is 0 Å². The number of ether oxygens (including phenoxy) is 1. The molecule has 1 aromatic carbocycles. The van der Waals surface area contributed by atoms with Gasteiger partial charge in [0.15, 0.2) is 0 Å². The van der Waals surface area contributed by atoms with Crippen LogP contribution in [-0.4, -0.2) is 31.3 Å². The molecule has 0 aliphatic carbocycles. The lowest BCUT2D eigenvalue weighted by atomic mass is 10.1. The monoisotopic (exact) mass is 315 g/mol. The fraction of sp³-hybridized carbons (Fsp3) is 0.389. The fourth-order valence-electron chi connectivity index (χ4n) is 2.74. The Bertz CT molecular complexity index is 629. The van der Waals surface area contributed by atoms with Crippen molar-refractivity contribution in [2.75, 3.05) is 31.2 Å². The van der Waals surface area contributed by atoms with Crippen LogP contribution in [0.25, 0.3) is 0 Å². The summed E-state index contributed by atoms with van der Waals surface area (Å²) in [6.45, 7) is 5.50. The van der Waals surface area contributed by atoms with Crippen molar-refractivity contribution < 1.29 is 9.13 Å². The van der Waals surface area contributed by atoms with E-state index in [9.17, 15) is 4.39 Å².